The van der Waals surface area contributed by atoms with E-state index in [1.165, 1.54) is 12.1 Å². The van der Waals surface area contributed by atoms with Gasteiger partial charge in [-0.15, -0.1) is 12.4 Å². The van der Waals surface area contributed by atoms with Gasteiger partial charge < -0.3 is 5.73 Å². The van der Waals surface area contributed by atoms with E-state index in [0.717, 1.165) is 0 Å². The molecule has 0 atom stereocenters. The molecule has 0 unspecified atom stereocenters. The van der Waals surface area contributed by atoms with Gasteiger partial charge in [0, 0.05) is 15.7 Å². The van der Waals surface area contributed by atoms with Crippen molar-refractivity contribution in [2.24, 2.45) is 0 Å². The summed E-state index contributed by atoms with van der Waals surface area (Å²) in [5.74, 6) is 0. The van der Waals surface area contributed by atoms with Crippen molar-refractivity contribution >= 4 is 34.0 Å². The molecule has 2 N–H and O–H groups in total. The molecule has 0 aliphatic rings. The molecule has 0 saturated heterocycles. The third-order valence-electron chi connectivity index (χ3n) is 1.19. The molecule has 0 amide bonds. The second-order valence-electron chi connectivity index (χ2n) is 2.12. The predicted molar refractivity (Wildman–Crippen MR) is 50.8 cm³/mol. The topological polar surface area (TPSA) is 26.0 Å². The molecule has 5 heteroatoms. The molecule has 1 rings (SSSR count). The summed E-state index contributed by atoms with van der Waals surface area (Å²) in [5.41, 5.74) is 5.62. The van der Waals surface area contributed by atoms with E-state index in [-0.39, 0.29) is 18.0 Å². The van der Waals surface area contributed by atoms with E-state index < -0.39 is 6.43 Å². The van der Waals surface area contributed by atoms with Crippen LogP contribution in [0, 0.1) is 0 Å². The second-order valence-corrected chi connectivity index (χ2v) is 3.03. The van der Waals surface area contributed by atoms with Crippen LogP contribution in [0.5, 0.6) is 0 Å². The number of rotatable bonds is 1. The Bertz CT molecular complexity index is 247. The van der Waals surface area contributed by atoms with E-state index in [4.69, 9.17) is 5.73 Å². The molecule has 12 heavy (non-hydrogen) atoms. The average Bonchev–Trinajstić information content (AvgIpc) is 1.85. The molecular formula is C7H7BrClF2N. The van der Waals surface area contributed by atoms with E-state index in [0.29, 0.717) is 10.2 Å². The quantitative estimate of drug-likeness (QED) is 0.768. The zero-order valence-electron chi connectivity index (χ0n) is 5.93. The number of benzene rings is 1. The standard InChI is InChI=1S/C7H6BrF2N.ClH/c8-5-1-4(7(9)10)2-6(11)3-5;/h1-3,7H,11H2;1H. The van der Waals surface area contributed by atoms with Gasteiger partial charge in [0.15, 0.2) is 0 Å². The minimum atomic E-state index is -2.46. The van der Waals surface area contributed by atoms with Gasteiger partial charge in [0.25, 0.3) is 6.43 Å². The summed E-state index contributed by atoms with van der Waals surface area (Å²) in [6.07, 6.45) is -2.46. The number of nitrogen functional groups attached to an aromatic ring is 1. The number of nitrogens with two attached hydrogens (primary N) is 1. The van der Waals surface area contributed by atoms with E-state index in [1.54, 1.807) is 6.07 Å². The summed E-state index contributed by atoms with van der Waals surface area (Å²) in [6.45, 7) is 0. The minimum Gasteiger partial charge on any atom is -0.399 e. The molecule has 0 heterocycles. The van der Waals surface area contributed by atoms with Gasteiger partial charge in [-0.05, 0) is 18.2 Å². The normalized spacial score (nSPS) is 9.67. The molecule has 1 aromatic rings. The molecule has 0 aliphatic heterocycles. The van der Waals surface area contributed by atoms with E-state index >= 15 is 0 Å². The minimum absolute atomic E-state index is 0. The zero-order chi connectivity index (χ0) is 8.43. The molecule has 0 aliphatic carbocycles. The third-order valence-corrected chi connectivity index (χ3v) is 1.65. The van der Waals surface area contributed by atoms with Crippen LogP contribution < -0.4 is 5.73 Å². The van der Waals surface area contributed by atoms with Gasteiger partial charge in [0.05, 0.1) is 0 Å². The Morgan fingerprint density at radius 1 is 1.25 bits per heavy atom. The maximum atomic E-state index is 12.1. The summed E-state index contributed by atoms with van der Waals surface area (Å²) >= 11 is 3.07. The molecule has 68 valence electrons. The van der Waals surface area contributed by atoms with Gasteiger partial charge in [-0.1, -0.05) is 15.9 Å². The fraction of sp³-hybridized carbons (Fsp3) is 0.143. The lowest BCUT2D eigenvalue weighted by Gasteiger charge is -2.01. The highest BCUT2D eigenvalue weighted by Gasteiger charge is 2.07. The van der Waals surface area contributed by atoms with Crippen LogP contribution in [0.1, 0.15) is 12.0 Å². The summed E-state index contributed by atoms with van der Waals surface area (Å²) in [5, 5.41) is 0. The van der Waals surface area contributed by atoms with Crippen LogP contribution in [0.3, 0.4) is 0 Å². The first-order valence-corrected chi connectivity index (χ1v) is 3.73. The number of anilines is 1. The van der Waals surface area contributed by atoms with Crippen LogP contribution in [0.15, 0.2) is 22.7 Å². The second kappa shape index (κ2) is 4.62. The van der Waals surface area contributed by atoms with Gasteiger partial charge in [-0.25, -0.2) is 8.78 Å². The monoisotopic (exact) mass is 257 g/mol. The highest BCUT2D eigenvalue weighted by Crippen LogP contribution is 2.24. The van der Waals surface area contributed by atoms with Gasteiger partial charge in [-0.3, -0.25) is 0 Å². The van der Waals surface area contributed by atoms with Crippen LogP contribution in [-0.2, 0) is 0 Å². The third kappa shape index (κ3) is 2.95. The lowest BCUT2D eigenvalue weighted by molar-refractivity contribution is 0.151. The maximum absolute atomic E-state index is 12.1. The fourth-order valence-electron chi connectivity index (χ4n) is 0.762. The Labute approximate surface area is 83.5 Å². The Morgan fingerprint density at radius 3 is 2.25 bits per heavy atom. The fourth-order valence-corrected chi connectivity index (χ4v) is 1.29. The highest BCUT2D eigenvalue weighted by molar-refractivity contribution is 9.10. The smallest absolute Gasteiger partial charge is 0.263 e. The van der Waals surface area contributed by atoms with Crippen molar-refractivity contribution in [3.63, 3.8) is 0 Å². The van der Waals surface area contributed by atoms with E-state index in [9.17, 15) is 8.78 Å². The van der Waals surface area contributed by atoms with Crippen molar-refractivity contribution in [2.45, 2.75) is 6.43 Å². The molecular weight excluding hydrogens is 251 g/mol. The van der Waals surface area contributed by atoms with Crippen LogP contribution >= 0.6 is 28.3 Å². The molecule has 1 nitrogen and oxygen atoms in total. The molecule has 1 aromatic carbocycles. The number of hydrogen-bond donors (Lipinski definition) is 1. The van der Waals surface area contributed by atoms with Gasteiger partial charge in [0.2, 0.25) is 0 Å². The highest BCUT2D eigenvalue weighted by atomic mass is 79.9. The SMILES string of the molecule is Cl.Nc1cc(Br)cc(C(F)F)c1. The van der Waals surface area contributed by atoms with Crippen LogP contribution in [0.25, 0.3) is 0 Å². The Balaban J connectivity index is 0.00000121. The van der Waals surface area contributed by atoms with Crippen molar-refractivity contribution in [2.75, 3.05) is 5.73 Å². The predicted octanol–water partition coefficient (Wildman–Crippen LogP) is 3.39. The lowest BCUT2D eigenvalue weighted by atomic mass is 10.2. The first-order chi connectivity index (χ1) is 5.09. The van der Waals surface area contributed by atoms with Crippen molar-refractivity contribution in [3.8, 4) is 0 Å². The molecule has 0 radical (unpaired) electrons. The molecule has 0 aromatic heterocycles. The summed E-state index contributed by atoms with van der Waals surface area (Å²) in [4.78, 5) is 0. The molecule has 0 saturated carbocycles. The van der Waals surface area contributed by atoms with E-state index in [1.807, 2.05) is 0 Å². The molecule has 0 bridgehead atoms. The summed E-state index contributed by atoms with van der Waals surface area (Å²) in [6, 6.07) is 4.18. The molecule has 0 fully saturated rings. The number of hydrogen-bond acceptors (Lipinski definition) is 1. The lowest BCUT2D eigenvalue weighted by Crippen LogP contribution is -1.89. The maximum Gasteiger partial charge on any atom is 0.263 e. The first kappa shape index (κ1) is 11.6. The zero-order valence-corrected chi connectivity index (χ0v) is 8.33. The van der Waals surface area contributed by atoms with Crippen LogP contribution in [0.2, 0.25) is 0 Å². The van der Waals surface area contributed by atoms with Crippen molar-refractivity contribution in [1.82, 2.24) is 0 Å². The average molecular weight is 258 g/mol. The van der Waals surface area contributed by atoms with Crippen LogP contribution in [0.4, 0.5) is 14.5 Å². The summed E-state index contributed by atoms with van der Waals surface area (Å²) < 4.78 is 24.7. The Morgan fingerprint density at radius 2 is 1.83 bits per heavy atom. The van der Waals surface area contributed by atoms with Crippen LogP contribution in [-0.4, -0.2) is 0 Å². The Kier molecular flexibility index (Phi) is 4.49. The number of alkyl halides is 2. The first-order valence-electron chi connectivity index (χ1n) is 2.93. The van der Waals surface area contributed by atoms with Gasteiger partial charge in [-0.2, -0.15) is 0 Å². The van der Waals surface area contributed by atoms with E-state index in [2.05, 4.69) is 15.9 Å². The van der Waals surface area contributed by atoms with Crippen molar-refractivity contribution < 1.29 is 8.78 Å². The number of halogens is 4. The summed E-state index contributed by atoms with van der Waals surface area (Å²) in [7, 11) is 0. The van der Waals surface area contributed by atoms with Gasteiger partial charge >= 0.3 is 0 Å². The largest absolute Gasteiger partial charge is 0.399 e. The van der Waals surface area contributed by atoms with Crippen molar-refractivity contribution in [1.29, 1.82) is 0 Å². The molecule has 0 spiro atoms. The Hall–Kier alpha value is -0.350. The van der Waals surface area contributed by atoms with Gasteiger partial charge in [0.1, 0.15) is 0 Å². The van der Waals surface area contributed by atoms with Crippen molar-refractivity contribution in [3.05, 3.63) is 28.2 Å².